The molecule has 0 bridgehead atoms. The fraction of sp³-hybridized carbons (Fsp3) is 0.909. The van der Waals surface area contributed by atoms with Crippen LogP contribution >= 0.6 is 0 Å². The van der Waals surface area contributed by atoms with E-state index in [2.05, 4.69) is 0 Å². The third-order valence-electron chi connectivity index (χ3n) is 3.27. The Kier molecular flexibility index (Phi) is 6.00. The van der Waals surface area contributed by atoms with Gasteiger partial charge >= 0.3 is 6.18 Å². The van der Waals surface area contributed by atoms with Gasteiger partial charge < -0.3 is 4.74 Å². The molecular weight excluding hydrogens is 313 g/mol. The summed E-state index contributed by atoms with van der Waals surface area (Å²) >= 11 is 0. The Morgan fingerprint density at radius 3 is 2.57 bits per heavy atom. The van der Waals surface area contributed by atoms with Crippen molar-refractivity contribution in [1.82, 2.24) is 9.62 Å². The second kappa shape index (κ2) is 6.93. The number of hydrogen-bond acceptors (Lipinski definition) is 5. The summed E-state index contributed by atoms with van der Waals surface area (Å²) in [7, 11) is -2.83. The summed E-state index contributed by atoms with van der Waals surface area (Å²) in [5, 5.41) is -0.852. The molecule has 10 heteroatoms. The first-order valence-electron chi connectivity index (χ1n) is 6.43. The van der Waals surface area contributed by atoms with E-state index in [9.17, 15) is 26.4 Å². The molecule has 1 aliphatic heterocycles. The second-order valence-corrected chi connectivity index (χ2v) is 7.02. The fourth-order valence-electron chi connectivity index (χ4n) is 1.88. The molecule has 0 aromatic heterocycles. The summed E-state index contributed by atoms with van der Waals surface area (Å²) in [6.07, 6.45) is -3.54. The van der Waals surface area contributed by atoms with Crippen LogP contribution in [0.4, 0.5) is 13.2 Å². The molecule has 1 aliphatic rings. The molecule has 0 aromatic rings. The van der Waals surface area contributed by atoms with Gasteiger partial charge in [-0.25, -0.2) is 8.42 Å². The number of likely N-dealkylation sites (N-methyl/N-ethyl adjacent to an activating group) is 1. The highest BCUT2D eigenvalue weighted by Crippen LogP contribution is 2.17. The lowest BCUT2D eigenvalue weighted by Gasteiger charge is -2.26. The minimum Gasteiger partial charge on any atom is -0.380 e. The van der Waals surface area contributed by atoms with E-state index in [1.165, 1.54) is 6.92 Å². The third-order valence-corrected chi connectivity index (χ3v) is 5.00. The van der Waals surface area contributed by atoms with Gasteiger partial charge in [0.2, 0.25) is 15.9 Å². The summed E-state index contributed by atoms with van der Waals surface area (Å²) in [6, 6.07) is -1.22. The quantitative estimate of drug-likeness (QED) is 0.793. The average molecular weight is 332 g/mol. The van der Waals surface area contributed by atoms with E-state index in [1.54, 1.807) is 0 Å². The maximum atomic E-state index is 12.3. The van der Waals surface area contributed by atoms with Crippen molar-refractivity contribution in [3.05, 3.63) is 0 Å². The maximum absolute atomic E-state index is 12.3. The van der Waals surface area contributed by atoms with Crippen molar-refractivity contribution in [1.29, 1.82) is 0 Å². The van der Waals surface area contributed by atoms with E-state index >= 15 is 0 Å². The minimum absolute atomic E-state index is 0.0185. The lowest BCUT2D eigenvalue weighted by Crippen LogP contribution is -2.50. The van der Waals surface area contributed by atoms with Crippen LogP contribution in [0.3, 0.4) is 0 Å². The number of alkyl halides is 3. The van der Waals surface area contributed by atoms with Gasteiger partial charge in [-0.05, 0) is 26.8 Å². The minimum atomic E-state index is -4.46. The van der Waals surface area contributed by atoms with Crippen LogP contribution in [0.1, 0.15) is 19.8 Å². The first-order chi connectivity index (χ1) is 9.53. The van der Waals surface area contributed by atoms with Gasteiger partial charge in [-0.2, -0.15) is 13.2 Å². The van der Waals surface area contributed by atoms with Crippen LogP contribution in [0, 0.1) is 0 Å². The monoisotopic (exact) mass is 332 g/mol. The van der Waals surface area contributed by atoms with Crippen molar-refractivity contribution in [3.63, 3.8) is 0 Å². The Hall–Kier alpha value is -0.870. The highest BCUT2D eigenvalue weighted by Gasteiger charge is 2.35. The van der Waals surface area contributed by atoms with Gasteiger partial charge in [0.1, 0.15) is 5.25 Å². The summed E-state index contributed by atoms with van der Waals surface area (Å²) < 4.78 is 67.5. The van der Waals surface area contributed by atoms with Gasteiger partial charge in [-0.1, -0.05) is 0 Å². The van der Waals surface area contributed by atoms with E-state index in [4.69, 9.17) is 4.74 Å². The molecule has 1 heterocycles. The molecule has 1 saturated heterocycles. The SMILES string of the molecule is C[C@@H](C(=O)NS(=O)(=O)[C@H]1CCCOC1)N(C)CC(F)(F)F. The molecule has 2 atom stereocenters. The zero-order valence-corrected chi connectivity index (χ0v) is 12.6. The Morgan fingerprint density at radius 1 is 1.48 bits per heavy atom. The second-order valence-electron chi connectivity index (χ2n) is 5.06. The summed E-state index contributed by atoms with van der Waals surface area (Å²) in [5.41, 5.74) is 0. The predicted molar refractivity (Wildman–Crippen MR) is 69.1 cm³/mol. The number of amides is 1. The normalized spacial score (nSPS) is 22.1. The first kappa shape index (κ1) is 18.2. The van der Waals surface area contributed by atoms with Crippen molar-refractivity contribution >= 4 is 15.9 Å². The van der Waals surface area contributed by atoms with Crippen LogP contribution < -0.4 is 4.72 Å². The van der Waals surface area contributed by atoms with E-state index in [1.807, 2.05) is 4.72 Å². The number of carbonyl (C=O) groups excluding carboxylic acids is 1. The Bertz CT molecular complexity index is 461. The smallest absolute Gasteiger partial charge is 0.380 e. The number of carbonyl (C=O) groups is 1. The van der Waals surface area contributed by atoms with Crippen LogP contribution in [0.2, 0.25) is 0 Å². The highest BCUT2D eigenvalue weighted by atomic mass is 32.2. The summed E-state index contributed by atoms with van der Waals surface area (Å²) in [5.74, 6) is -0.979. The molecule has 0 unspecified atom stereocenters. The molecule has 1 fully saturated rings. The highest BCUT2D eigenvalue weighted by molar-refractivity contribution is 7.90. The van der Waals surface area contributed by atoms with Gasteiger partial charge in [0, 0.05) is 6.61 Å². The average Bonchev–Trinajstić information content (AvgIpc) is 2.36. The van der Waals surface area contributed by atoms with Crippen LogP contribution in [0.5, 0.6) is 0 Å². The number of nitrogens with zero attached hydrogens (tertiary/aromatic N) is 1. The zero-order valence-electron chi connectivity index (χ0n) is 11.8. The van der Waals surface area contributed by atoms with Crippen molar-refractivity contribution in [2.75, 3.05) is 26.8 Å². The van der Waals surface area contributed by atoms with Crippen LogP contribution in [-0.2, 0) is 19.6 Å². The molecule has 0 aromatic carbocycles. The summed E-state index contributed by atoms with van der Waals surface area (Å²) in [4.78, 5) is 12.5. The lowest BCUT2D eigenvalue weighted by molar-refractivity contribution is -0.150. The summed E-state index contributed by atoms with van der Waals surface area (Å²) in [6.45, 7) is 0.363. The molecule has 1 rings (SSSR count). The van der Waals surface area contributed by atoms with E-state index in [0.717, 1.165) is 11.9 Å². The van der Waals surface area contributed by atoms with E-state index < -0.39 is 39.9 Å². The van der Waals surface area contributed by atoms with E-state index in [0.29, 0.717) is 19.4 Å². The third kappa shape index (κ3) is 5.79. The van der Waals surface area contributed by atoms with Crippen molar-refractivity contribution < 1.29 is 31.1 Å². The molecule has 6 nitrogen and oxygen atoms in total. The first-order valence-corrected chi connectivity index (χ1v) is 7.98. The van der Waals surface area contributed by atoms with Crippen LogP contribution in [0.25, 0.3) is 0 Å². The standard InChI is InChI=1S/C11H19F3N2O4S/c1-8(16(2)7-11(12,13)14)10(17)15-21(18,19)9-4-3-5-20-6-9/h8-9H,3-7H2,1-2H3,(H,15,17)/t8-,9-/m0/s1. The van der Waals surface area contributed by atoms with Crippen molar-refractivity contribution in [2.45, 2.75) is 37.2 Å². The van der Waals surface area contributed by atoms with Gasteiger partial charge in [-0.15, -0.1) is 0 Å². The molecule has 21 heavy (non-hydrogen) atoms. The molecule has 1 N–H and O–H groups in total. The van der Waals surface area contributed by atoms with Gasteiger partial charge in [0.25, 0.3) is 0 Å². The van der Waals surface area contributed by atoms with Gasteiger partial charge in [0.15, 0.2) is 0 Å². The van der Waals surface area contributed by atoms with Crippen LogP contribution in [-0.4, -0.2) is 63.5 Å². The zero-order chi connectivity index (χ0) is 16.3. The number of nitrogens with one attached hydrogen (secondary N) is 1. The van der Waals surface area contributed by atoms with E-state index in [-0.39, 0.29) is 6.61 Å². The number of rotatable bonds is 5. The predicted octanol–water partition coefficient (Wildman–Crippen LogP) is 0.494. The van der Waals surface area contributed by atoms with Crippen molar-refractivity contribution in [3.8, 4) is 0 Å². The lowest BCUT2D eigenvalue weighted by atomic mass is 10.2. The topological polar surface area (TPSA) is 75.7 Å². The molecule has 0 radical (unpaired) electrons. The van der Waals surface area contributed by atoms with Gasteiger partial charge in [0.05, 0.1) is 19.2 Å². The molecule has 0 saturated carbocycles. The van der Waals surface area contributed by atoms with Crippen LogP contribution in [0.15, 0.2) is 0 Å². The molecule has 124 valence electrons. The van der Waals surface area contributed by atoms with Crippen molar-refractivity contribution in [2.24, 2.45) is 0 Å². The van der Waals surface area contributed by atoms with Gasteiger partial charge in [-0.3, -0.25) is 14.4 Å². The largest absolute Gasteiger partial charge is 0.401 e. The molecule has 0 spiro atoms. The molecular formula is C11H19F3N2O4S. The Morgan fingerprint density at radius 2 is 2.10 bits per heavy atom. The number of hydrogen-bond donors (Lipinski definition) is 1. The Balaban J connectivity index is 2.62. The fourth-order valence-corrected chi connectivity index (χ4v) is 3.25. The molecule has 1 amide bonds. The Labute approximate surface area is 121 Å². The number of halogens is 3. The molecule has 0 aliphatic carbocycles. The number of sulfonamides is 1. The maximum Gasteiger partial charge on any atom is 0.401 e. The number of ether oxygens (including phenoxy) is 1.